The summed E-state index contributed by atoms with van der Waals surface area (Å²) in [5.41, 5.74) is 1.44. The number of hydrogen-bond donors (Lipinski definition) is 2. The molecule has 0 aliphatic heterocycles. The van der Waals surface area contributed by atoms with Gasteiger partial charge in [-0.1, -0.05) is 36.4 Å². The van der Waals surface area contributed by atoms with Gasteiger partial charge in [-0.2, -0.15) is 0 Å². The molecule has 0 spiro atoms. The lowest BCUT2D eigenvalue weighted by atomic mass is 10.1. The van der Waals surface area contributed by atoms with Crippen molar-refractivity contribution < 1.29 is 26.7 Å². The van der Waals surface area contributed by atoms with Crippen LogP contribution in [0.4, 0.5) is 20.2 Å². The lowest BCUT2D eigenvalue weighted by Crippen LogP contribution is -2.19. The number of aryl methyl sites for hydroxylation is 1. The van der Waals surface area contributed by atoms with E-state index in [2.05, 4.69) is 15.0 Å². The molecule has 0 fully saturated rings. The Hall–Kier alpha value is -4.83. The molecular weight excluding hydrogens is 536 g/mol. The van der Waals surface area contributed by atoms with Crippen LogP contribution in [0.2, 0.25) is 0 Å². The Morgan fingerprint density at radius 1 is 0.875 bits per heavy atom. The summed E-state index contributed by atoms with van der Waals surface area (Å²) in [6, 6.07) is 23.0. The maximum Gasteiger partial charge on any atom is 0.265 e. The molecule has 0 saturated heterocycles. The molecule has 0 bridgehead atoms. The quantitative estimate of drug-likeness (QED) is 0.224. The molecular formula is C30H23F2N3O4S. The van der Waals surface area contributed by atoms with E-state index >= 15 is 0 Å². The number of amides is 1. The fourth-order valence-electron chi connectivity index (χ4n) is 4.20. The summed E-state index contributed by atoms with van der Waals surface area (Å²) in [6.45, 7) is 3.06. The Morgan fingerprint density at radius 2 is 1.60 bits per heavy atom. The van der Waals surface area contributed by atoms with Gasteiger partial charge in [0.25, 0.3) is 15.9 Å². The lowest BCUT2D eigenvalue weighted by molar-refractivity contribution is 0.102. The second-order valence-electron chi connectivity index (χ2n) is 9.02. The predicted octanol–water partition coefficient (Wildman–Crippen LogP) is 6.98. The summed E-state index contributed by atoms with van der Waals surface area (Å²) >= 11 is 0. The maximum absolute atomic E-state index is 14.8. The molecule has 40 heavy (non-hydrogen) atoms. The van der Waals surface area contributed by atoms with Gasteiger partial charge in [-0.3, -0.25) is 9.52 Å². The van der Waals surface area contributed by atoms with E-state index in [0.717, 1.165) is 6.07 Å². The molecule has 0 atom stereocenters. The number of carbonyl (C=O) groups is 1. The number of nitrogens with zero attached hydrogens (tertiary/aromatic N) is 1. The molecule has 0 unspecified atom stereocenters. The van der Waals surface area contributed by atoms with Crippen molar-refractivity contribution in [2.24, 2.45) is 0 Å². The molecule has 5 aromatic rings. The Bertz CT molecular complexity index is 1860. The number of hydrogen-bond acceptors (Lipinski definition) is 5. The van der Waals surface area contributed by atoms with Crippen LogP contribution in [0, 0.1) is 25.5 Å². The smallest absolute Gasteiger partial charge is 0.265 e. The minimum atomic E-state index is -4.33. The summed E-state index contributed by atoms with van der Waals surface area (Å²) in [5, 5.41) is 3.32. The third kappa shape index (κ3) is 5.48. The van der Waals surface area contributed by atoms with Crippen LogP contribution in [0.15, 0.2) is 95.9 Å². The van der Waals surface area contributed by atoms with Crippen molar-refractivity contribution in [3.05, 3.63) is 119 Å². The highest BCUT2D eigenvalue weighted by molar-refractivity contribution is 7.92. The van der Waals surface area contributed by atoms with Gasteiger partial charge in [-0.05, 0) is 79.6 Å². The molecule has 1 heterocycles. The number of sulfonamides is 1. The van der Waals surface area contributed by atoms with Crippen LogP contribution < -0.4 is 14.8 Å². The Balaban J connectivity index is 1.52. The van der Waals surface area contributed by atoms with Crippen molar-refractivity contribution >= 4 is 38.2 Å². The molecule has 0 aliphatic carbocycles. The first-order valence-corrected chi connectivity index (χ1v) is 13.6. The van der Waals surface area contributed by atoms with Crippen molar-refractivity contribution in [1.82, 2.24) is 4.98 Å². The number of fused-ring (bicyclic) bond motifs is 1. The monoisotopic (exact) mass is 559 g/mol. The minimum Gasteiger partial charge on any atom is -0.438 e. The first-order valence-electron chi connectivity index (χ1n) is 12.1. The van der Waals surface area contributed by atoms with Crippen LogP contribution in [0.5, 0.6) is 11.6 Å². The van der Waals surface area contributed by atoms with Crippen molar-refractivity contribution in [1.29, 1.82) is 0 Å². The van der Waals surface area contributed by atoms with E-state index in [9.17, 15) is 22.0 Å². The summed E-state index contributed by atoms with van der Waals surface area (Å²) in [7, 11) is -4.33. The number of halogens is 2. The first-order chi connectivity index (χ1) is 19.1. The van der Waals surface area contributed by atoms with E-state index < -0.39 is 32.5 Å². The van der Waals surface area contributed by atoms with E-state index in [1.54, 1.807) is 55.5 Å². The Labute approximate surface area is 229 Å². The maximum atomic E-state index is 14.8. The summed E-state index contributed by atoms with van der Waals surface area (Å²) in [4.78, 5) is 17.4. The minimum absolute atomic E-state index is 0.00220. The molecule has 202 valence electrons. The number of rotatable bonds is 7. The van der Waals surface area contributed by atoms with Gasteiger partial charge in [-0.15, -0.1) is 0 Å². The second-order valence-corrected chi connectivity index (χ2v) is 10.6. The third-order valence-electron chi connectivity index (χ3n) is 6.18. The number of ether oxygens (including phenoxy) is 1. The number of benzene rings is 4. The number of aromatic nitrogens is 1. The molecule has 7 nitrogen and oxygen atoms in total. The van der Waals surface area contributed by atoms with Crippen molar-refractivity contribution in [3.63, 3.8) is 0 Å². The highest BCUT2D eigenvalue weighted by Crippen LogP contribution is 2.32. The number of pyridine rings is 1. The van der Waals surface area contributed by atoms with Gasteiger partial charge >= 0.3 is 0 Å². The summed E-state index contributed by atoms with van der Waals surface area (Å²) in [5.74, 6) is -1.81. The van der Waals surface area contributed by atoms with Crippen molar-refractivity contribution in [3.8, 4) is 11.6 Å². The van der Waals surface area contributed by atoms with Crippen LogP contribution >= 0.6 is 0 Å². The largest absolute Gasteiger partial charge is 0.438 e. The standard InChI is InChI=1S/C30H23F2N3O4S/c1-18-16-21(31)12-15-27(18)39-30-23(17-20-8-6-7-11-26(20)34-30)29(36)33-25-14-13-24(32)28(19(25)2)40(37,38)35-22-9-4-3-5-10-22/h3-17,35H,1-2H3,(H,33,36). The van der Waals surface area contributed by atoms with E-state index in [1.165, 1.54) is 43.3 Å². The topological polar surface area (TPSA) is 97.4 Å². The predicted molar refractivity (Wildman–Crippen MR) is 149 cm³/mol. The molecule has 2 N–H and O–H groups in total. The number of nitrogens with one attached hydrogen (secondary N) is 2. The second kappa shape index (κ2) is 10.7. The number of carbonyl (C=O) groups excluding carboxylic acids is 1. The van der Waals surface area contributed by atoms with E-state index in [0.29, 0.717) is 22.2 Å². The fourth-order valence-corrected chi connectivity index (χ4v) is 5.58. The zero-order valence-corrected chi connectivity index (χ0v) is 22.2. The van der Waals surface area contributed by atoms with Gasteiger partial charge in [0.1, 0.15) is 27.8 Å². The van der Waals surface area contributed by atoms with Crippen LogP contribution in [0.3, 0.4) is 0 Å². The van der Waals surface area contributed by atoms with Gasteiger partial charge in [0.05, 0.1) is 5.52 Å². The average Bonchev–Trinajstić information content (AvgIpc) is 2.91. The van der Waals surface area contributed by atoms with E-state index in [1.807, 2.05) is 0 Å². The van der Waals surface area contributed by atoms with Crippen LogP contribution in [0.1, 0.15) is 21.5 Å². The summed E-state index contributed by atoms with van der Waals surface area (Å²) in [6.07, 6.45) is 0. The zero-order chi connectivity index (χ0) is 28.4. The van der Waals surface area contributed by atoms with E-state index in [-0.39, 0.29) is 28.4 Å². The van der Waals surface area contributed by atoms with Crippen molar-refractivity contribution in [2.75, 3.05) is 10.0 Å². The highest BCUT2D eigenvalue weighted by Gasteiger charge is 2.25. The van der Waals surface area contributed by atoms with Gasteiger partial charge in [-0.25, -0.2) is 22.2 Å². The molecule has 10 heteroatoms. The molecule has 1 aromatic heterocycles. The Kier molecular flexibility index (Phi) is 7.19. The molecule has 0 saturated carbocycles. The van der Waals surface area contributed by atoms with Gasteiger partial charge in [0.2, 0.25) is 5.88 Å². The van der Waals surface area contributed by atoms with Gasteiger partial charge in [0.15, 0.2) is 0 Å². The van der Waals surface area contributed by atoms with Crippen LogP contribution in [-0.4, -0.2) is 19.3 Å². The van der Waals surface area contributed by atoms with Crippen LogP contribution in [0.25, 0.3) is 10.9 Å². The van der Waals surface area contributed by atoms with Crippen LogP contribution in [-0.2, 0) is 10.0 Å². The number of para-hydroxylation sites is 2. The SMILES string of the molecule is Cc1cc(F)ccc1Oc1nc2ccccc2cc1C(=O)Nc1ccc(F)c(S(=O)(=O)Nc2ccccc2)c1C. The molecule has 0 radical (unpaired) electrons. The highest BCUT2D eigenvalue weighted by atomic mass is 32.2. The molecule has 1 amide bonds. The molecule has 4 aromatic carbocycles. The first kappa shape index (κ1) is 26.8. The number of anilines is 2. The zero-order valence-electron chi connectivity index (χ0n) is 21.4. The lowest BCUT2D eigenvalue weighted by Gasteiger charge is -2.16. The molecule has 0 aliphatic rings. The van der Waals surface area contributed by atoms with Crippen molar-refractivity contribution in [2.45, 2.75) is 18.7 Å². The normalized spacial score (nSPS) is 11.3. The molecule has 5 rings (SSSR count). The third-order valence-corrected chi connectivity index (χ3v) is 7.72. The summed E-state index contributed by atoms with van der Waals surface area (Å²) < 4.78 is 63.0. The fraction of sp³-hybridized carbons (Fsp3) is 0.0667. The van der Waals surface area contributed by atoms with E-state index in [4.69, 9.17) is 4.74 Å². The Morgan fingerprint density at radius 3 is 2.35 bits per heavy atom. The van der Waals surface area contributed by atoms with Gasteiger partial charge in [0, 0.05) is 16.8 Å². The van der Waals surface area contributed by atoms with Gasteiger partial charge < -0.3 is 10.1 Å². The average molecular weight is 560 g/mol.